The van der Waals surface area contributed by atoms with Crippen molar-refractivity contribution in [3.8, 4) is 0 Å². The van der Waals surface area contributed by atoms with Gasteiger partial charge in [0.2, 0.25) is 0 Å². The summed E-state index contributed by atoms with van der Waals surface area (Å²) in [5.74, 6) is 0.261. The minimum Gasteiger partial charge on any atom is -0.313 e. The van der Waals surface area contributed by atoms with Gasteiger partial charge in [-0.05, 0) is 55.1 Å². The first kappa shape index (κ1) is 14.2. The number of rotatable bonds is 5. The third kappa shape index (κ3) is 3.13. The monoisotopic (exact) mass is 284 g/mol. The van der Waals surface area contributed by atoms with Crippen LogP contribution in [0.4, 0.5) is 4.39 Å². The first-order valence-corrected chi connectivity index (χ1v) is 7.69. The number of aryl methyl sites for hydroxylation is 1. The Balaban J connectivity index is 1.82. The summed E-state index contributed by atoms with van der Waals surface area (Å²) in [6.45, 7) is 3.03. The molecular formula is C18H21FN2. The zero-order valence-corrected chi connectivity index (χ0v) is 12.3. The van der Waals surface area contributed by atoms with Gasteiger partial charge in [0.1, 0.15) is 5.82 Å². The molecule has 1 aromatic heterocycles. The number of fused-ring (bicyclic) bond motifs is 1. The van der Waals surface area contributed by atoms with Crippen LogP contribution in [0, 0.1) is 5.82 Å². The summed E-state index contributed by atoms with van der Waals surface area (Å²) >= 11 is 0. The van der Waals surface area contributed by atoms with Crippen molar-refractivity contribution in [2.24, 2.45) is 0 Å². The van der Waals surface area contributed by atoms with Crippen molar-refractivity contribution < 1.29 is 4.39 Å². The molecule has 2 nitrogen and oxygen atoms in total. The SMILES string of the molecule is CCNC(Cc1cccc(F)c1)C1CCc2cccnc21. The van der Waals surface area contributed by atoms with E-state index < -0.39 is 0 Å². The summed E-state index contributed by atoms with van der Waals surface area (Å²) < 4.78 is 13.4. The maximum Gasteiger partial charge on any atom is 0.123 e. The van der Waals surface area contributed by atoms with E-state index >= 15 is 0 Å². The molecule has 0 fully saturated rings. The number of aromatic nitrogens is 1. The van der Waals surface area contributed by atoms with Crippen LogP contribution >= 0.6 is 0 Å². The van der Waals surface area contributed by atoms with Crippen LogP contribution < -0.4 is 5.32 Å². The van der Waals surface area contributed by atoms with Crippen LogP contribution in [0.3, 0.4) is 0 Å². The van der Waals surface area contributed by atoms with Gasteiger partial charge in [0.05, 0.1) is 0 Å². The van der Waals surface area contributed by atoms with Crippen LogP contribution in [0.5, 0.6) is 0 Å². The predicted molar refractivity (Wildman–Crippen MR) is 82.9 cm³/mol. The molecule has 0 radical (unpaired) electrons. The van der Waals surface area contributed by atoms with Crippen molar-refractivity contribution in [2.75, 3.05) is 6.54 Å². The number of halogens is 1. The smallest absolute Gasteiger partial charge is 0.123 e. The molecule has 3 heteroatoms. The second-order valence-electron chi connectivity index (χ2n) is 5.69. The Bertz CT molecular complexity index is 612. The van der Waals surface area contributed by atoms with Crippen molar-refractivity contribution in [3.63, 3.8) is 0 Å². The molecule has 1 aliphatic carbocycles. The molecule has 3 rings (SSSR count). The van der Waals surface area contributed by atoms with Crippen molar-refractivity contribution in [1.82, 2.24) is 10.3 Å². The Labute approximate surface area is 125 Å². The zero-order chi connectivity index (χ0) is 14.7. The van der Waals surface area contributed by atoms with Crippen molar-refractivity contribution in [3.05, 3.63) is 65.2 Å². The molecule has 0 saturated heterocycles. The fraction of sp³-hybridized carbons (Fsp3) is 0.389. The number of hydrogen-bond donors (Lipinski definition) is 1. The zero-order valence-electron chi connectivity index (χ0n) is 12.3. The number of pyridine rings is 1. The van der Waals surface area contributed by atoms with Gasteiger partial charge in [0, 0.05) is 23.9 Å². The van der Waals surface area contributed by atoms with E-state index in [9.17, 15) is 4.39 Å². The Hall–Kier alpha value is -1.74. The van der Waals surface area contributed by atoms with Gasteiger partial charge in [-0.3, -0.25) is 4.98 Å². The average molecular weight is 284 g/mol. The van der Waals surface area contributed by atoms with E-state index in [-0.39, 0.29) is 5.82 Å². The van der Waals surface area contributed by atoms with Gasteiger partial charge in [0.15, 0.2) is 0 Å². The van der Waals surface area contributed by atoms with Crippen LogP contribution in [0.1, 0.15) is 36.1 Å². The van der Waals surface area contributed by atoms with Crippen LogP contribution in [-0.2, 0) is 12.8 Å². The summed E-state index contributed by atoms with van der Waals surface area (Å²) in [5.41, 5.74) is 3.63. The van der Waals surface area contributed by atoms with Gasteiger partial charge in [-0.25, -0.2) is 4.39 Å². The van der Waals surface area contributed by atoms with E-state index in [1.807, 2.05) is 18.3 Å². The highest BCUT2D eigenvalue weighted by Gasteiger charge is 2.30. The fourth-order valence-electron chi connectivity index (χ4n) is 3.37. The Morgan fingerprint density at radius 3 is 3.05 bits per heavy atom. The molecule has 0 amide bonds. The van der Waals surface area contributed by atoms with Crippen molar-refractivity contribution in [2.45, 2.75) is 38.1 Å². The molecule has 2 unspecified atom stereocenters. The van der Waals surface area contributed by atoms with Gasteiger partial charge < -0.3 is 5.32 Å². The molecule has 1 N–H and O–H groups in total. The van der Waals surface area contributed by atoms with Gasteiger partial charge >= 0.3 is 0 Å². The second-order valence-corrected chi connectivity index (χ2v) is 5.69. The molecule has 2 atom stereocenters. The number of nitrogens with zero attached hydrogens (tertiary/aromatic N) is 1. The van der Waals surface area contributed by atoms with Crippen molar-refractivity contribution in [1.29, 1.82) is 0 Å². The highest BCUT2D eigenvalue weighted by atomic mass is 19.1. The minimum absolute atomic E-state index is 0.160. The van der Waals surface area contributed by atoms with Crippen LogP contribution in [-0.4, -0.2) is 17.6 Å². The van der Waals surface area contributed by atoms with Crippen molar-refractivity contribution >= 4 is 0 Å². The van der Waals surface area contributed by atoms with E-state index in [2.05, 4.69) is 23.3 Å². The molecule has 2 aromatic rings. The standard InChI is InChI=1S/C18H21FN2/c1-2-20-17(12-13-5-3-7-15(19)11-13)16-9-8-14-6-4-10-21-18(14)16/h3-7,10-11,16-17,20H,2,8-9,12H2,1H3. The van der Waals surface area contributed by atoms with E-state index in [0.29, 0.717) is 12.0 Å². The molecular weight excluding hydrogens is 263 g/mol. The third-order valence-electron chi connectivity index (χ3n) is 4.30. The third-order valence-corrected chi connectivity index (χ3v) is 4.30. The van der Waals surface area contributed by atoms with E-state index in [1.54, 1.807) is 12.1 Å². The number of likely N-dealkylation sites (N-methyl/N-ethyl adjacent to an activating group) is 1. The molecule has 21 heavy (non-hydrogen) atoms. The second kappa shape index (κ2) is 6.35. The summed E-state index contributed by atoms with van der Waals surface area (Å²) in [4.78, 5) is 4.59. The van der Waals surface area contributed by atoms with E-state index in [0.717, 1.165) is 31.4 Å². The Morgan fingerprint density at radius 2 is 2.24 bits per heavy atom. The molecule has 0 bridgehead atoms. The van der Waals surface area contributed by atoms with Gasteiger partial charge in [-0.2, -0.15) is 0 Å². The molecule has 0 aliphatic heterocycles. The lowest BCUT2D eigenvalue weighted by molar-refractivity contribution is 0.429. The number of nitrogens with one attached hydrogen (secondary N) is 1. The highest BCUT2D eigenvalue weighted by molar-refractivity contribution is 5.31. The molecule has 1 aromatic carbocycles. The van der Waals surface area contributed by atoms with Gasteiger partial charge in [0.25, 0.3) is 0 Å². The Morgan fingerprint density at radius 1 is 1.33 bits per heavy atom. The minimum atomic E-state index is -0.160. The topological polar surface area (TPSA) is 24.9 Å². The predicted octanol–water partition coefficient (Wildman–Crippen LogP) is 3.47. The molecule has 0 spiro atoms. The van der Waals surface area contributed by atoms with Crippen LogP contribution in [0.25, 0.3) is 0 Å². The maximum atomic E-state index is 13.4. The lowest BCUT2D eigenvalue weighted by atomic mass is 9.91. The largest absolute Gasteiger partial charge is 0.313 e. The van der Waals surface area contributed by atoms with E-state index in [1.165, 1.54) is 17.3 Å². The number of hydrogen-bond acceptors (Lipinski definition) is 2. The maximum absolute atomic E-state index is 13.4. The van der Waals surface area contributed by atoms with Gasteiger partial charge in [-0.1, -0.05) is 25.1 Å². The molecule has 110 valence electrons. The molecule has 1 heterocycles. The molecule has 1 aliphatic rings. The fourth-order valence-corrected chi connectivity index (χ4v) is 3.37. The lowest BCUT2D eigenvalue weighted by Gasteiger charge is -2.25. The van der Waals surface area contributed by atoms with Crippen LogP contribution in [0.2, 0.25) is 0 Å². The normalized spacial score (nSPS) is 18.5. The quantitative estimate of drug-likeness (QED) is 0.909. The van der Waals surface area contributed by atoms with E-state index in [4.69, 9.17) is 0 Å². The first-order chi connectivity index (χ1) is 10.3. The first-order valence-electron chi connectivity index (χ1n) is 7.69. The lowest BCUT2D eigenvalue weighted by Crippen LogP contribution is -2.36. The summed E-state index contributed by atoms with van der Waals surface area (Å²) in [6.07, 6.45) is 4.94. The van der Waals surface area contributed by atoms with Gasteiger partial charge in [-0.15, -0.1) is 0 Å². The molecule has 0 saturated carbocycles. The number of benzene rings is 1. The Kier molecular flexibility index (Phi) is 4.30. The average Bonchev–Trinajstić information content (AvgIpc) is 2.91. The summed E-state index contributed by atoms with van der Waals surface area (Å²) in [5, 5.41) is 3.57. The highest BCUT2D eigenvalue weighted by Crippen LogP contribution is 2.34. The van der Waals surface area contributed by atoms with Crippen LogP contribution in [0.15, 0.2) is 42.6 Å². The summed E-state index contributed by atoms with van der Waals surface area (Å²) in [6, 6.07) is 11.4. The summed E-state index contributed by atoms with van der Waals surface area (Å²) in [7, 11) is 0.